The van der Waals surface area contributed by atoms with Gasteiger partial charge in [0.2, 0.25) is 0 Å². The molecule has 1 atom stereocenters. The van der Waals surface area contributed by atoms with Gasteiger partial charge in [-0.25, -0.2) is 0 Å². The first-order chi connectivity index (χ1) is 9.52. The summed E-state index contributed by atoms with van der Waals surface area (Å²) >= 11 is 5.89. The van der Waals surface area contributed by atoms with E-state index >= 15 is 0 Å². The van der Waals surface area contributed by atoms with Gasteiger partial charge < -0.3 is 10.5 Å². The minimum absolute atomic E-state index is 0.106. The van der Waals surface area contributed by atoms with Crippen LogP contribution in [0.3, 0.4) is 0 Å². The molecule has 0 amide bonds. The Morgan fingerprint density at radius 2 is 1.90 bits per heavy atom. The average Bonchev–Trinajstić information content (AvgIpc) is 2.43. The molecule has 0 fully saturated rings. The first kappa shape index (κ1) is 14.8. The molecule has 2 rings (SSSR count). The van der Waals surface area contributed by atoms with Gasteiger partial charge in [-0.2, -0.15) is 0 Å². The van der Waals surface area contributed by atoms with Crippen molar-refractivity contribution in [3.05, 3.63) is 57.9 Å². The van der Waals surface area contributed by atoms with Crippen molar-refractivity contribution in [2.24, 2.45) is 5.73 Å². The zero-order valence-corrected chi connectivity index (χ0v) is 12.7. The number of methoxy groups -OCH3 is 1. The standard InChI is InChI=1S/C16H19ClN2O/c1-10-9-19-15(11(2)16(10)20-3)8-14(18)12-4-6-13(17)7-5-12/h4-7,9,14H,8,18H2,1-3H3. The maximum Gasteiger partial charge on any atom is 0.128 e. The molecule has 106 valence electrons. The number of nitrogens with two attached hydrogens (primary N) is 1. The topological polar surface area (TPSA) is 48.1 Å². The van der Waals surface area contributed by atoms with Crippen molar-refractivity contribution in [3.8, 4) is 5.75 Å². The summed E-state index contributed by atoms with van der Waals surface area (Å²) in [7, 11) is 1.68. The fraction of sp³-hybridized carbons (Fsp3) is 0.312. The van der Waals surface area contributed by atoms with Gasteiger partial charge in [-0.15, -0.1) is 0 Å². The molecule has 0 saturated carbocycles. The minimum Gasteiger partial charge on any atom is -0.496 e. The van der Waals surface area contributed by atoms with Crippen LogP contribution in [-0.2, 0) is 6.42 Å². The molecular formula is C16H19ClN2O. The molecule has 1 heterocycles. The Morgan fingerprint density at radius 3 is 2.50 bits per heavy atom. The highest BCUT2D eigenvalue weighted by molar-refractivity contribution is 6.30. The van der Waals surface area contributed by atoms with E-state index in [1.165, 1.54) is 0 Å². The molecule has 4 heteroatoms. The second-order valence-electron chi connectivity index (χ2n) is 4.91. The second kappa shape index (κ2) is 6.25. The third-order valence-electron chi connectivity index (χ3n) is 3.46. The van der Waals surface area contributed by atoms with Gasteiger partial charge in [0.15, 0.2) is 0 Å². The van der Waals surface area contributed by atoms with E-state index in [1.54, 1.807) is 7.11 Å². The van der Waals surface area contributed by atoms with Crippen LogP contribution >= 0.6 is 11.6 Å². The van der Waals surface area contributed by atoms with E-state index in [1.807, 2.05) is 44.3 Å². The molecule has 0 spiro atoms. The lowest BCUT2D eigenvalue weighted by Gasteiger charge is -2.16. The zero-order chi connectivity index (χ0) is 14.7. The van der Waals surface area contributed by atoms with Crippen LogP contribution in [0.1, 0.15) is 28.4 Å². The van der Waals surface area contributed by atoms with Gasteiger partial charge in [0.1, 0.15) is 5.75 Å². The molecular weight excluding hydrogens is 272 g/mol. The molecule has 1 aromatic heterocycles. The van der Waals surface area contributed by atoms with Gasteiger partial charge in [-0.3, -0.25) is 4.98 Å². The summed E-state index contributed by atoms with van der Waals surface area (Å²) in [4.78, 5) is 4.48. The molecule has 1 unspecified atom stereocenters. The highest BCUT2D eigenvalue weighted by Gasteiger charge is 2.14. The largest absolute Gasteiger partial charge is 0.496 e. The summed E-state index contributed by atoms with van der Waals surface area (Å²) in [6, 6.07) is 7.51. The van der Waals surface area contributed by atoms with Crippen molar-refractivity contribution in [1.29, 1.82) is 0 Å². The zero-order valence-electron chi connectivity index (χ0n) is 12.0. The van der Waals surface area contributed by atoms with Crippen molar-refractivity contribution >= 4 is 11.6 Å². The van der Waals surface area contributed by atoms with Gasteiger partial charge in [0.25, 0.3) is 0 Å². The van der Waals surface area contributed by atoms with Crippen LogP contribution in [0.4, 0.5) is 0 Å². The number of rotatable bonds is 4. The number of pyridine rings is 1. The molecule has 2 N–H and O–H groups in total. The van der Waals surface area contributed by atoms with E-state index in [2.05, 4.69) is 4.98 Å². The van der Waals surface area contributed by atoms with E-state index in [4.69, 9.17) is 22.1 Å². The molecule has 1 aromatic carbocycles. The maximum atomic E-state index is 6.25. The lowest BCUT2D eigenvalue weighted by Crippen LogP contribution is -2.15. The summed E-state index contributed by atoms with van der Waals surface area (Å²) in [5.41, 5.74) is 10.4. The van der Waals surface area contributed by atoms with Crippen molar-refractivity contribution in [1.82, 2.24) is 4.98 Å². The quantitative estimate of drug-likeness (QED) is 0.936. The van der Waals surface area contributed by atoms with Gasteiger partial charge in [0, 0.05) is 40.5 Å². The number of nitrogens with zero attached hydrogens (tertiary/aromatic N) is 1. The van der Waals surface area contributed by atoms with Crippen LogP contribution in [0.2, 0.25) is 5.02 Å². The molecule has 3 nitrogen and oxygen atoms in total. The molecule has 0 bridgehead atoms. The molecule has 0 saturated heterocycles. The number of hydrogen-bond acceptors (Lipinski definition) is 3. The lowest BCUT2D eigenvalue weighted by molar-refractivity contribution is 0.406. The van der Waals surface area contributed by atoms with E-state index in [9.17, 15) is 0 Å². The monoisotopic (exact) mass is 290 g/mol. The van der Waals surface area contributed by atoms with E-state index in [0.29, 0.717) is 11.4 Å². The lowest BCUT2D eigenvalue weighted by atomic mass is 9.99. The normalized spacial score (nSPS) is 12.2. The predicted molar refractivity (Wildman–Crippen MR) is 82.3 cm³/mol. The second-order valence-corrected chi connectivity index (χ2v) is 5.34. The Kier molecular flexibility index (Phi) is 4.63. The summed E-state index contributed by atoms with van der Waals surface area (Å²) in [6.07, 6.45) is 2.50. The maximum absolute atomic E-state index is 6.25. The van der Waals surface area contributed by atoms with Gasteiger partial charge >= 0.3 is 0 Å². The van der Waals surface area contributed by atoms with Crippen LogP contribution in [0.15, 0.2) is 30.5 Å². The first-order valence-corrected chi connectivity index (χ1v) is 6.90. The van der Waals surface area contributed by atoms with E-state index in [-0.39, 0.29) is 6.04 Å². The average molecular weight is 291 g/mol. The predicted octanol–water partition coefficient (Wildman–Crippen LogP) is 3.60. The fourth-order valence-corrected chi connectivity index (χ4v) is 2.44. The van der Waals surface area contributed by atoms with Crippen LogP contribution in [0, 0.1) is 13.8 Å². The summed E-state index contributed by atoms with van der Waals surface area (Å²) in [6.45, 7) is 4.00. The minimum atomic E-state index is -0.106. The number of halogens is 1. The Bertz CT molecular complexity index is 596. The number of aromatic nitrogens is 1. The third kappa shape index (κ3) is 3.11. The smallest absolute Gasteiger partial charge is 0.128 e. The summed E-state index contributed by atoms with van der Waals surface area (Å²) < 4.78 is 5.42. The molecule has 0 radical (unpaired) electrons. The van der Waals surface area contributed by atoms with E-state index < -0.39 is 0 Å². The summed E-state index contributed by atoms with van der Waals surface area (Å²) in [5.74, 6) is 0.887. The number of benzene rings is 1. The van der Waals surface area contributed by atoms with Crippen molar-refractivity contribution in [2.45, 2.75) is 26.3 Å². The Balaban J connectivity index is 2.23. The Hall–Kier alpha value is -1.58. The Labute approximate surface area is 124 Å². The van der Waals surface area contributed by atoms with Gasteiger partial charge in [-0.05, 0) is 31.5 Å². The van der Waals surface area contributed by atoms with Gasteiger partial charge in [0.05, 0.1) is 7.11 Å². The van der Waals surface area contributed by atoms with Crippen LogP contribution in [0.5, 0.6) is 5.75 Å². The first-order valence-electron chi connectivity index (χ1n) is 6.53. The number of aryl methyl sites for hydroxylation is 1. The van der Waals surface area contributed by atoms with Crippen molar-refractivity contribution in [2.75, 3.05) is 7.11 Å². The highest BCUT2D eigenvalue weighted by Crippen LogP contribution is 2.26. The molecule has 20 heavy (non-hydrogen) atoms. The number of ether oxygens (including phenoxy) is 1. The fourth-order valence-electron chi connectivity index (χ4n) is 2.31. The molecule has 2 aromatic rings. The molecule has 0 aliphatic carbocycles. The summed E-state index contributed by atoms with van der Waals surface area (Å²) in [5, 5.41) is 0.715. The molecule has 0 aliphatic rings. The van der Waals surface area contributed by atoms with Crippen LogP contribution in [-0.4, -0.2) is 12.1 Å². The van der Waals surface area contributed by atoms with E-state index in [0.717, 1.165) is 28.1 Å². The number of hydrogen-bond donors (Lipinski definition) is 1. The van der Waals surface area contributed by atoms with Crippen molar-refractivity contribution < 1.29 is 4.74 Å². The third-order valence-corrected chi connectivity index (χ3v) is 3.71. The highest BCUT2D eigenvalue weighted by atomic mass is 35.5. The van der Waals surface area contributed by atoms with Crippen LogP contribution < -0.4 is 10.5 Å². The van der Waals surface area contributed by atoms with Crippen molar-refractivity contribution in [3.63, 3.8) is 0 Å². The van der Waals surface area contributed by atoms with Crippen LogP contribution in [0.25, 0.3) is 0 Å². The van der Waals surface area contributed by atoms with Gasteiger partial charge in [-0.1, -0.05) is 23.7 Å². The molecule has 0 aliphatic heterocycles. The SMILES string of the molecule is COc1c(C)cnc(CC(N)c2ccc(Cl)cc2)c1C. The Morgan fingerprint density at radius 1 is 1.25 bits per heavy atom.